The molecule has 2 heterocycles. The number of piperidine rings is 1. The maximum absolute atomic E-state index is 13.3. The second-order valence-electron chi connectivity index (χ2n) is 5.64. The van der Waals surface area contributed by atoms with E-state index in [0.29, 0.717) is 25.7 Å². The van der Waals surface area contributed by atoms with E-state index >= 15 is 0 Å². The van der Waals surface area contributed by atoms with Gasteiger partial charge in [0.2, 0.25) is 0 Å². The topological polar surface area (TPSA) is 45.7 Å². The Morgan fingerprint density at radius 2 is 2.22 bits per heavy atom. The highest BCUT2D eigenvalue weighted by atomic mass is 32.1. The molecule has 0 atom stereocenters. The molecule has 2 aromatic rings. The lowest BCUT2D eigenvalue weighted by atomic mass is 10.0. The fourth-order valence-electron chi connectivity index (χ4n) is 2.84. The van der Waals surface area contributed by atoms with Crippen molar-refractivity contribution in [1.82, 2.24) is 9.88 Å². The molecule has 0 bridgehead atoms. The fraction of sp³-hybridized carbons (Fsp3) is 0.500. The van der Waals surface area contributed by atoms with Crippen molar-refractivity contribution in [3.05, 3.63) is 24.0 Å². The lowest BCUT2D eigenvalue weighted by Crippen LogP contribution is -2.45. The molecule has 1 amide bonds. The Labute approximate surface area is 138 Å². The van der Waals surface area contributed by atoms with Crippen molar-refractivity contribution in [2.75, 3.05) is 31.6 Å². The lowest BCUT2D eigenvalue weighted by molar-refractivity contribution is 0.0971. The van der Waals surface area contributed by atoms with Crippen LogP contribution in [-0.4, -0.2) is 48.8 Å². The second-order valence-corrected chi connectivity index (χ2v) is 6.65. The molecular formula is C16H20FN3O2S. The molecule has 0 radical (unpaired) electrons. The third-order valence-electron chi connectivity index (χ3n) is 4.18. The van der Waals surface area contributed by atoms with Crippen molar-refractivity contribution in [2.24, 2.45) is 0 Å². The van der Waals surface area contributed by atoms with E-state index in [2.05, 4.69) is 9.88 Å². The molecule has 1 aliphatic rings. The van der Waals surface area contributed by atoms with Crippen LogP contribution >= 0.6 is 11.3 Å². The Morgan fingerprint density at radius 1 is 1.48 bits per heavy atom. The van der Waals surface area contributed by atoms with Crippen LogP contribution in [0.15, 0.2) is 18.2 Å². The molecule has 1 aliphatic heterocycles. The Kier molecular flexibility index (Phi) is 4.66. The SMILES string of the molecule is CCOC(=O)N1CCC(N(C)c2nc3ccc(F)cc3s2)CC1. The average molecular weight is 337 g/mol. The lowest BCUT2D eigenvalue weighted by Gasteiger charge is -2.36. The molecule has 23 heavy (non-hydrogen) atoms. The maximum Gasteiger partial charge on any atom is 0.409 e. The Morgan fingerprint density at radius 3 is 2.91 bits per heavy atom. The highest BCUT2D eigenvalue weighted by Crippen LogP contribution is 2.31. The van der Waals surface area contributed by atoms with E-state index in [0.717, 1.165) is 28.2 Å². The van der Waals surface area contributed by atoms with Gasteiger partial charge in [-0.05, 0) is 38.0 Å². The van der Waals surface area contributed by atoms with Gasteiger partial charge in [0.1, 0.15) is 5.82 Å². The molecule has 1 fully saturated rings. The summed E-state index contributed by atoms with van der Waals surface area (Å²) in [5.74, 6) is -0.238. The summed E-state index contributed by atoms with van der Waals surface area (Å²) in [7, 11) is 2.01. The number of nitrogens with zero attached hydrogens (tertiary/aromatic N) is 3. The van der Waals surface area contributed by atoms with Gasteiger partial charge in [0.25, 0.3) is 0 Å². The molecule has 3 rings (SSSR count). The first-order valence-corrected chi connectivity index (χ1v) is 8.60. The summed E-state index contributed by atoms with van der Waals surface area (Å²) in [5.41, 5.74) is 0.821. The summed E-state index contributed by atoms with van der Waals surface area (Å²) >= 11 is 1.50. The quantitative estimate of drug-likeness (QED) is 0.860. The van der Waals surface area contributed by atoms with Crippen LogP contribution in [0.3, 0.4) is 0 Å². The van der Waals surface area contributed by atoms with Gasteiger partial charge in [-0.15, -0.1) is 0 Å². The molecular weight excluding hydrogens is 317 g/mol. The molecule has 1 saturated heterocycles. The van der Waals surface area contributed by atoms with Crippen LogP contribution in [0.1, 0.15) is 19.8 Å². The molecule has 0 spiro atoms. The van der Waals surface area contributed by atoms with Crippen LogP contribution in [-0.2, 0) is 4.74 Å². The zero-order valence-electron chi connectivity index (χ0n) is 13.3. The van der Waals surface area contributed by atoms with Crippen molar-refractivity contribution in [1.29, 1.82) is 0 Å². The van der Waals surface area contributed by atoms with Crippen LogP contribution < -0.4 is 4.90 Å². The fourth-order valence-corrected chi connectivity index (χ4v) is 3.87. The van der Waals surface area contributed by atoms with Gasteiger partial charge in [0.05, 0.1) is 16.8 Å². The van der Waals surface area contributed by atoms with E-state index in [-0.39, 0.29) is 11.9 Å². The van der Waals surface area contributed by atoms with Gasteiger partial charge in [-0.1, -0.05) is 11.3 Å². The molecule has 0 N–H and O–H groups in total. The van der Waals surface area contributed by atoms with Crippen molar-refractivity contribution in [3.8, 4) is 0 Å². The molecule has 0 saturated carbocycles. The van der Waals surface area contributed by atoms with Gasteiger partial charge in [0, 0.05) is 26.2 Å². The number of amides is 1. The number of rotatable bonds is 3. The maximum atomic E-state index is 13.3. The highest BCUT2D eigenvalue weighted by molar-refractivity contribution is 7.22. The number of fused-ring (bicyclic) bond motifs is 1. The molecule has 1 aromatic carbocycles. The van der Waals surface area contributed by atoms with Crippen molar-refractivity contribution in [3.63, 3.8) is 0 Å². The average Bonchev–Trinajstić information content (AvgIpc) is 2.97. The number of benzene rings is 1. The smallest absolute Gasteiger partial charge is 0.409 e. The minimum Gasteiger partial charge on any atom is -0.450 e. The van der Waals surface area contributed by atoms with Crippen LogP contribution in [0.25, 0.3) is 10.2 Å². The first kappa shape index (κ1) is 16.0. The van der Waals surface area contributed by atoms with E-state index in [4.69, 9.17) is 4.74 Å². The summed E-state index contributed by atoms with van der Waals surface area (Å²) < 4.78 is 19.2. The first-order chi connectivity index (χ1) is 11.1. The van der Waals surface area contributed by atoms with Gasteiger partial charge >= 0.3 is 6.09 Å². The first-order valence-electron chi connectivity index (χ1n) is 7.79. The largest absolute Gasteiger partial charge is 0.450 e. The standard InChI is InChI=1S/C16H20FN3O2S/c1-3-22-16(21)20-8-6-12(7-9-20)19(2)15-18-13-5-4-11(17)10-14(13)23-15/h4-5,10,12H,3,6-9H2,1-2H3. The molecule has 0 unspecified atom stereocenters. The Balaban J connectivity index is 1.66. The summed E-state index contributed by atoms with van der Waals surface area (Å²) in [6.07, 6.45) is 1.52. The van der Waals surface area contributed by atoms with Crippen molar-refractivity contribution >= 4 is 32.8 Å². The summed E-state index contributed by atoms with van der Waals surface area (Å²) in [6, 6.07) is 4.99. The zero-order valence-corrected chi connectivity index (χ0v) is 14.1. The predicted molar refractivity (Wildman–Crippen MR) is 89.6 cm³/mol. The van der Waals surface area contributed by atoms with Crippen LogP contribution in [0.5, 0.6) is 0 Å². The predicted octanol–water partition coefficient (Wildman–Crippen LogP) is 3.49. The molecule has 1 aromatic heterocycles. The van der Waals surface area contributed by atoms with Crippen LogP contribution in [0, 0.1) is 5.82 Å². The zero-order chi connectivity index (χ0) is 16.4. The van der Waals surface area contributed by atoms with Gasteiger partial charge in [-0.3, -0.25) is 0 Å². The number of ether oxygens (including phenoxy) is 1. The third kappa shape index (κ3) is 3.39. The van der Waals surface area contributed by atoms with Gasteiger partial charge in [0.15, 0.2) is 5.13 Å². The Bertz CT molecular complexity index is 698. The number of hydrogen-bond donors (Lipinski definition) is 0. The number of likely N-dealkylation sites (tertiary alicyclic amines) is 1. The molecule has 5 nitrogen and oxygen atoms in total. The summed E-state index contributed by atoms with van der Waals surface area (Å²) in [4.78, 5) is 20.2. The van der Waals surface area contributed by atoms with Crippen LogP contribution in [0.2, 0.25) is 0 Å². The number of halogens is 1. The molecule has 124 valence electrons. The number of carbonyl (C=O) groups is 1. The Hall–Kier alpha value is -1.89. The van der Waals surface area contributed by atoms with Gasteiger partial charge < -0.3 is 14.5 Å². The second kappa shape index (κ2) is 6.70. The van der Waals surface area contributed by atoms with Crippen molar-refractivity contribution in [2.45, 2.75) is 25.8 Å². The number of anilines is 1. The number of carbonyl (C=O) groups excluding carboxylic acids is 1. The number of thiazole rings is 1. The third-order valence-corrected chi connectivity index (χ3v) is 5.29. The van der Waals surface area contributed by atoms with Crippen molar-refractivity contribution < 1.29 is 13.9 Å². The van der Waals surface area contributed by atoms with Crippen LogP contribution in [0.4, 0.5) is 14.3 Å². The van der Waals surface area contributed by atoms with E-state index in [1.165, 1.54) is 23.5 Å². The highest BCUT2D eigenvalue weighted by Gasteiger charge is 2.27. The van der Waals surface area contributed by atoms with E-state index in [9.17, 15) is 9.18 Å². The van der Waals surface area contributed by atoms with E-state index in [1.807, 2.05) is 14.0 Å². The summed E-state index contributed by atoms with van der Waals surface area (Å²) in [5, 5.41) is 0.889. The minimum absolute atomic E-state index is 0.232. The van der Waals surface area contributed by atoms with Gasteiger partial charge in [-0.25, -0.2) is 14.2 Å². The minimum atomic E-state index is -0.238. The monoisotopic (exact) mass is 337 g/mol. The van der Waals surface area contributed by atoms with E-state index in [1.54, 1.807) is 11.0 Å². The number of aromatic nitrogens is 1. The normalized spacial score (nSPS) is 15.9. The summed E-state index contributed by atoms with van der Waals surface area (Å²) in [6.45, 7) is 3.59. The molecule has 7 heteroatoms. The molecule has 0 aliphatic carbocycles. The van der Waals surface area contributed by atoms with Gasteiger partial charge in [-0.2, -0.15) is 0 Å². The number of hydrogen-bond acceptors (Lipinski definition) is 5. The van der Waals surface area contributed by atoms with E-state index < -0.39 is 0 Å².